The summed E-state index contributed by atoms with van der Waals surface area (Å²) in [5.74, 6) is 1.37. The number of rotatable bonds is 5. The lowest BCUT2D eigenvalue weighted by atomic mass is 9.98. The minimum absolute atomic E-state index is 0.0996. The molecule has 2 unspecified atom stereocenters. The highest BCUT2D eigenvalue weighted by Crippen LogP contribution is 2.28. The van der Waals surface area contributed by atoms with Crippen LogP contribution in [-0.4, -0.2) is 11.0 Å². The first-order valence-corrected chi connectivity index (χ1v) is 7.41. The van der Waals surface area contributed by atoms with Crippen molar-refractivity contribution < 1.29 is 4.74 Å². The van der Waals surface area contributed by atoms with E-state index in [9.17, 15) is 0 Å². The Hall–Kier alpha value is -1.87. The van der Waals surface area contributed by atoms with Gasteiger partial charge in [0.2, 0.25) is 0 Å². The lowest BCUT2D eigenvalue weighted by molar-refractivity contribution is 0.180. The van der Waals surface area contributed by atoms with Gasteiger partial charge in [-0.25, -0.2) is 0 Å². The molecule has 0 aliphatic carbocycles. The van der Waals surface area contributed by atoms with E-state index in [-0.39, 0.29) is 12.1 Å². The van der Waals surface area contributed by atoms with Crippen LogP contribution in [0, 0.1) is 6.92 Å². The van der Waals surface area contributed by atoms with Crippen LogP contribution >= 0.6 is 0 Å². The zero-order chi connectivity index (χ0) is 15.4. The molecule has 1 aromatic heterocycles. The van der Waals surface area contributed by atoms with Crippen LogP contribution in [0.1, 0.15) is 49.5 Å². The van der Waals surface area contributed by atoms with Crippen molar-refractivity contribution >= 4 is 0 Å². The molecule has 2 N–H and O–H groups in total. The van der Waals surface area contributed by atoms with Gasteiger partial charge < -0.3 is 10.5 Å². The van der Waals surface area contributed by atoms with Gasteiger partial charge in [0, 0.05) is 18.4 Å². The van der Waals surface area contributed by atoms with E-state index in [1.165, 1.54) is 11.1 Å². The van der Waals surface area contributed by atoms with Crippen LogP contribution < -0.4 is 10.5 Å². The Morgan fingerprint density at radius 3 is 2.24 bits per heavy atom. The summed E-state index contributed by atoms with van der Waals surface area (Å²) in [6, 6.07) is 10.1. The Balaban J connectivity index is 2.24. The van der Waals surface area contributed by atoms with Crippen LogP contribution in [0.5, 0.6) is 5.75 Å². The summed E-state index contributed by atoms with van der Waals surface area (Å²) in [6.45, 7) is 8.48. The largest absolute Gasteiger partial charge is 0.484 e. The van der Waals surface area contributed by atoms with Gasteiger partial charge in [0.1, 0.15) is 11.9 Å². The molecule has 112 valence electrons. The third kappa shape index (κ3) is 3.82. The second kappa shape index (κ2) is 6.72. The normalized spacial score (nSPS) is 14.0. The Kier molecular flexibility index (Phi) is 4.97. The third-order valence-electron chi connectivity index (χ3n) is 3.64. The Labute approximate surface area is 127 Å². The molecule has 1 aromatic carbocycles. The van der Waals surface area contributed by atoms with Crippen molar-refractivity contribution in [2.75, 3.05) is 0 Å². The van der Waals surface area contributed by atoms with E-state index in [1.54, 1.807) is 12.4 Å². The number of aryl methyl sites for hydroxylation is 1. The quantitative estimate of drug-likeness (QED) is 0.903. The number of pyridine rings is 1. The Morgan fingerprint density at radius 2 is 1.71 bits per heavy atom. The first kappa shape index (κ1) is 15.5. The molecule has 2 aromatic rings. The molecule has 0 aliphatic heterocycles. The van der Waals surface area contributed by atoms with Gasteiger partial charge in [-0.1, -0.05) is 19.9 Å². The highest BCUT2D eigenvalue weighted by atomic mass is 16.5. The van der Waals surface area contributed by atoms with Crippen molar-refractivity contribution in [3.63, 3.8) is 0 Å². The highest BCUT2D eigenvalue weighted by Gasteiger charge is 2.18. The maximum Gasteiger partial charge on any atom is 0.139 e. The third-order valence-corrected chi connectivity index (χ3v) is 3.64. The van der Waals surface area contributed by atoms with E-state index >= 15 is 0 Å². The van der Waals surface area contributed by atoms with Gasteiger partial charge in [0.15, 0.2) is 0 Å². The fourth-order valence-electron chi connectivity index (χ4n) is 2.55. The molecule has 3 heteroatoms. The Morgan fingerprint density at radius 1 is 1.05 bits per heavy atom. The summed E-state index contributed by atoms with van der Waals surface area (Å²) in [4.78, 5) is 4.04. The van der Waals surface area contributed by atoms with Gasteiger partial charge in [-0.05, 0) is 60.7 Å². The molecule has 0 aliphatic rings. The molecule has 0 amide bonds. The number of nitrogens with zero attached hydrogens (tertiary/aromatic N) is 1. The molecule has 0 radical (unpaired) electrons. The number of benzene rings is 1. The summed E-state index contributed by atoms with van der Waals surface area (Å²) in [5, 5.41) is 0. The first-order chi connectivity index (χ1) is 9.99. The standard InChI is InChI=1S/C18H24N2O/c1-12(2)17-6-5-16(11-13(17)3)21-18(14(4)19)15-7-9-20-10-8-15/h5-12,14,18H,19H2,1-4H3. The maximum atomic E-state index is 6.12. The fourth-order valence-corrected chi connectivity index (χ4v) is 2.55. The Bertz CT molecular complexity index is 579. The molecule has 2 rings (SSSR count). The summed E-state index contributed by atoms with van der Waals surface area (Å²) >= 11 is 0. The van der Waals surface area contributed by atoms with E-state index in [0.717, 1.165) is 11.3 Å². The molecule has 21 heavy (non-hydrogen) atoms. The summed E-state index contributed by atoms with van der Waals surface area (Å²) in [6.07, 6.45) is 3.36. The van der Waals surface area contributed by atoms with Crippen molar-refractivity contribution in [2.45, 2.75) is 45.8 Å². The second-order valence-corrected chi connectivity index (χ2v) is 5.85. The molecule has 0 bridgehead atoms. The van der Waals surface area contributed by atoms with Gasteiger partial charge in [-0.15, -0.1) is 0 Å². The van der Waals surface area contributed by atoms with E-state index in [2.05, 4.69) is 37.9 Å². The van der Waals surface area contributed by atoms with E-state index < -0.39 is 0 Å². The summed E-state index contributed by atoms with van der Waals surface area (Å²) < 4.78 is 6.12. The van der Waals surface area contributed by atoms with Gasteiger partial charge in [0.25, 0.3) is 0 Å². The zero-order valence-corrected chi connectivity index (χ0v) is 13.2. The monoisotopic (exact) mass is 284 g/mol. The van der Waals surface area contributed by atoms with Gasteiger partial charge in [-0.3, -0.25) is 4.98 Å². The average Bonchev–Trinajstić information content (AvgIpc) is 2.45. The lowest BCUT2D eigenvalue weighted by Gasteiger charge is -2.23. The molecule has 0 fully saturated rings. The van der Waals surface area contributed by atoms with Crippen LogP contribution in [-0.2, 0) is 0 Å². The number of ether oxygens (including phenoxy) is 1. The fraction of sp³-hybridized carbons (Fsp3) is 0.389. The molecule has 3 nitrogen and oxygen atoms in total. The van der Waals surface area contributed by atoms with E-state index in [0.29, 0.717) is 5.92 Å². The van der Waals surface area contributed by atoms with Crippen molar-refractivity contribution in [3.8, 4) is 5.75 Å². The zero-order valence-electron chi connectivity index (χ0n) is 13.2. The predicted molar refractivity (Wildman–Crippen MR) is 86.5 cm³/mol. The molecule has 2 atom stereocenters. The highest BCUT2D eigenvalue weighted by molar-refractivity contribution is 5.37. The minimum Gasteiger partial charge on any atom is -0.484 e. The molecule has 1 heterocycles. The molecular weight excluding hydrogens is 260 g/mol. The smallest absolute Gasteiger partial charge is 0.139 e. The van der Waals surface area contributed by atoms with Crippen LogP contribution in [0.4, 0.5) is 0 Å². The van der Waals surface area contributed by atoms with Gasteiger partial charge in [-0.2, -0.15) is 0 Å². The SMILES string of the molecule is Cc1cc(OC(c2ccncc2)C(C)N)ccc1C(C)C. The van der Waals surface area contributed by atoms with Crippen molar-refractivity contribution in [3.05, 3.63) is 59.4 Å². The molecule has 0 saturated heterocycles. The van der Waals surface area contributed by atoms with Crippen molar-refractivity contribution in [1.82, 2.24) is 4.98 Å². The number of aromatic nitrogens is 1. The topological polar surface area (TPSA) is 48.1 Å². The maximum absolute atomic E-state index is 6.12. The molecule has 0 saturated carbocycles. The number of nitrogens with two attached hydrogens (primary N) is 1. The van der Waals surface area contributed by atoms with Gasteiger partial charge >= 0.3 is 0 Å². The average molecular weight is 284 g/mol. The lowest BCUT2D eigenvalue weighted by Crippen LogP contribution is -2.29. The summed E-state index contributed by atoms with van der Waals surface area (Å²) in [7, 11) is 0. The predicted octanol–water partition coefficient (Wildman–Crippen LogP) is 3.98. The van der Waals surface area contributed by atoms with Crippen LogP contribution in [0.2, 0.25) is 0 Å². The number of hydrogen-bond donors (Lipinski definition) is 1. The van der Waals surface area contributed by atoms with Crippen molar-refractivity contribution in [2.24, 2.45) is 5.73 Å². The van der Waals surface area contributed by atoms with Crippen LogP contribution in [0.25, 0.3) is 0 Å². The molecular formula is C18H24N2O. The first-order valence-electron chi connectivity index (χ1n) is 7.41. The van der Waals surface area contributed by atoms with Crippen LogP contribution in [0.15, 0.2) is 42.7 Å². The minimum atomic E-state index is -0.169. The van der Waals surface area contributed by atoms with Crippen molar-refractivity contribution in [1.29, 1.82) is 0 Å². The number of hydrogen-bond acceptors (Lipinski definition) is 3. The van der Waals surface area contributed by atoms with Gasteiger partial charge in [0.05, 0.1) is 0 Å². The molecule has 0 spiro atoms. The van der Waals surface area contributed by atoms with E-state index in [4.69, 9.17) is 10.5 Å². The van der Waals surface area contributed by atoms with E-state index in [1.807, 2.05) is 25.1 Å². The second-order valence-electron chi connectivity index (χ2n) is 5.85. The van der Waals surface area contributed by atoms with Crippen LogP contribution in [0.3, 0.4) is 0 Å². The summed E-state index contributed by atoms with van der Waals surface area (Å²) in [5.41, 5.74) is 9.74.